The van der Waals surface area contributed by atoms with Gasteiger partial charge in [-0.1, -0.05) is 57.4 Å². The number of aryl methyl sites for hydroxylation is 2. The predicted octanol–water partition coefficient (Wildman–Crippen LogP) is 9.84. The van der Waals surface area contributed by atoms with Crippen molar-refractivity contribution in [2.24, 2.45) is 15.5 Å². The Labute approximate surface area is 499 Å². The van der Waals surface area contributed by atoms with Crippen molar-refractivity contribution in [3.8, 4) is 5.75 Å². The van der Waals surface area contributed by atoms with Gasteiger partial charge < -0.3 is 57.1 Å². The summed E-state index contributed by atoms with van der Waals surface area (Å²) in [6, 6.07) is 30.1. The van der Waals surface area contributed by atoms with E-state index < -0.39 is 0 Å². The molecule has 1 fully saturated rings. The van der Waals surface area contributed by atoms with E-state index in [1.165, 1.54) is 93.0 Å². The van der Waals surface area contributed by atoms with E-state index >= 15 is 0 Å². The minimum absolute atomic E-state index is 0.199. The average Bonchev–Trinajstić information content (AvgIpc) is 4.11. The number of benzene rings is 5. The third-order valence-electron chi connectivity index (χ3n) is 13.2. The lowest BCUT2D eigenvalue weighted by Crippen LogP contribution is -2.38. The number of halogens is 3. The van der Waals surface area contributed by atoms with Gasteiger partial charge in [0.1, 0.15) is 98.2 Å². The van der Waals surface area contributed by atoms with Crippen LogP contribution in [0, 0.1) is 11.6 Å². The number of aromatic nitrogens is 8. The van der Waals surface area contributed by atoms with Crippen LogP contribution in [0.15, 0.2) is 144 Å². The van der Waals surface area contributed by atoms with Crippen LogP contribution in [0.1, 0.15) is 52.3 Å². The lowest BCUT2D eigenvalue weighted by atomic mass is 10.1. The van der Waals surface area contributed by atoms with Crippen molar-refractivity contribution in [2.75, 3.05) is 86.3 Å². The SMILES string of the molecule is CCO/N=C/c1c(N)ncnc1Nc1ccc(OCc2cccc(F)c2)c(Cl)c1.CO/N=C/c1c(N)ncnc1Nc1ccc2c(c1)CCC2.Nc1ncnc(Nc2ccc3c(cnn3Cc3cccc(F)c3)c2)c1/C=N/OCCN1CCOCC1. The van der Waals surface area contributed by atoms with E-state index in [9.17, 15) is 8.78 Å². The molecule has 1 saturated heterocycles. The van der Waals surface area contributed by atoms with Gasteiger partial charge in [-0.3, -0.25) is 9.58 Å². The highest BCUT2D eigenvalue weighted by Crippen LogP contribution is 2.32. The minimum Gasteiger partial charge on any atom is -0.487 e. The van der Waals surface area contributed by atoms with Crippen molar-refractivity contribution in [2.45, 2.75) is 39.3 Å². The third-order valence-corrected chi connectivity index (χ3v) is 13.5. The van der Waals surface area contributed by atoms with Gasteiger partial charge in [-0.25, -0.2) is 38.7 Å². The van der Waals surface area contributed by atoms with Crippen LogP contribution in [-0.4, -0.2) is 116 Å². The molecule has 0 amide bonds. The first-order valence-electron chi connectivity index (χ1n) is 27.3. The van der Waals surface area contributed by atoms with Gasteiger partial charge in [0.15, 0.2) is 0 Å². The highest BCUT2D eigenvalue weighted by molar-refractivity contribution is 6.32. The second-order valence-electron chi connectivity index (χ2n) is 19.1. The summed E-state index contributed by atoms with van der Waals surface area (Å²) in [6.45, 7) is 7.45. The Morgan fingerprint density at radius 3 is 1.85 bits per heavy atom. The first kappa shape index (κ1) is 60.5. The Bertz CT molecular complexity index is 3810. The number of fused-ring (bicyclic) bond motifs is 2. The number of anilines is 9. The van der Waals surface area contributed by atoms with Crippen molar-refractivity contribution >= 4 is 93.1 Å². The molecule has 0 spiro atoms. The van der Waals surface area contributed by atoms with Crippen LogP contribution in [0.4, 0.5) is 60.8 Å². The first-order chi connectivity index (χ1) is 42.0. The maximum absolute atomic E-state index is 13.5. The van der Waals surface area contributed by atoms with Crippen LogP contribution in [-0.2, 0) is 45.2 Å². The molecule has 11 rings (SSSR count). The van der Waals surface area contributed by atoms with Crippen molar-refractivity contribution < 1.29 is 32.8 Å². The topological polar surface area (TPSA) is 296 Å². The van der Waals surface area contributed by atoms with Crippen LogP contribution in [0.2, 0.25) is 5.02 Å². The van der Waals surface area contributed by atoms with Gasteiger partial charge in [0.05, 0.1) is 71.8 Å². The van der Waals surface area contributed by atoms with Crippen LogP contribution >= 0.6 is 11.6 Å². The Balaban J connectivity index is 0.000000160. The molecular weight excluding hydrogens is 1130 g/mol. The Hall–Kier alpha value is -10.1. The molecule has 26 heteroatoms. The number of nitrogen functional groups attached to an aromatic ring is 3. The Morgan fingerprint density at radius 1 is 0.651 bits per heavy atom. The van der Waals surface area contributed by atoms with Crippen LogP contribution in [0.25, 0.3) is 10.9 Å². The summed E-state index contributed by atoms with van der Waals surface area (Å²) in [5.74, 6) is 2.37. The zero-order chi connectivity index (χ0) is 60.0. The Morgan fingerprint density at radius 2 is 1.22 bits per heavy atom. The van der Waals surface area contributed by atoms with E-state index in [-0.39, 0.29) is 29.9 Å². The number of ether oxygens (including phenoxy) is 2. The van der Waals surface area contributed by atoms with E-state index in [4.69, 9.17) is 52.8 Å². The normalized spacial score (nSPS) is 13.0. The molecule has 9 aromatic rings. The molecule has 0 bridgehead atoms. The summed E-state index contributed by atoms with van der Waals surface area (Å²) >= 11 is 6.32. The smallest absolute Gasteiger partial charge is 0.144 e. The number of hydrogen-bond donors (Lipinski definition) is 6. The number of oxime groups is 3. The maximum Gasteiger partial charge on any atom is 0.144 e. The number of morpholine rings is 1. The van der Waals surface area contributed by atoms with E-state index in [0.29, 0.717) is 81.7 Å². The standard InChI is InChI=1S/C25H27FN8O2.C20H19ClFN5O2.C15H17N5O/c26-20-3-1-2-18(12-20)16-34-23-5-4-21(13-19(23)14-30-34)32-25-22(24(27)28-17-29-25)15-31-36-11-8-33-6-9-35-10-7-33;1-2-29-26-10-16-19(23)24-12-25-20(16)27-15-6-7-18(17(21)9-15)28-11-13-4-3-5-14(22)8-13;1-21-19-8-13-14(16)17-9-18-15(13)20-12-6-5-10-3-2-4-11(10)7-12/h1-5,12-15,17H,6-11,16H2,(H3,27,28,29,32);3-10,12H,2,11H2,1H3,(H3,23,24,25,27);5-9H,2-4H2,1H3,(H3,16,17,18,20)/b31-15+;26-10+;19-8+. The van der Waals surface area contributed by atoms with E-state index in [2.05, 4.69) is 89.5 Å². The van der Waals surface area contributed by atoms with Crippen molar-refractivity contribution in [1.29, 1.82) is 0 Å². The lowest BCUT2D eigenvalue weighted by Gasteiger charge is -2.25. The zero-order valence-corrected chi connectivity index (χ0v) is 47.9. The second-order valence-corrected chi connectivity index (χ2v) is 19.5. The molecule has 5 heterocycles. The molecule has 2 aliphatic rings. The molecule has 23 nitrogen and oxygen atoms in total. The summed E-state index contributed by atoms with van der Waals surface area (Å²) in [5.41, 5.74) is 27.3. The quantitative estimate of drug-likeness (QED) is 0.0221. The summed E-state index contributed by atoms with van der Waals surface area (Å²) in [7, 11) is 1.48. The largest absolute Gasteiger partial charge is 0.487 e. The van der Waals surface area contributed by atoms with Gasteiger partial charge in [-0.15, -0.1) is 0 Å². The van der Waals surface area contributed by atoms with Crippen LogP contribution in [0.3, 0.4) is 0 Å². The van der Waals surface area contributed by atoms with E-state index in [1.807, 2.05) is 35.9 Å². The number of nitrogens with two attached hydrogens (primary N) is 3. The fourth-order valence-corrected chi connectivity index (χ4v) is 9.19. The fraction of sp³-hybridized carbons (Fsp3) is 0.233. The average molecular weight is 1190 g/mol. The number of nitrogens with one attached hydrogen (secondary N) is 3. The van der Waals surface area contributed by atoms with E-state index in [0.717, 1.165) is 67.1 Å². The molecule has 4 aromatic heterocycles. The van der Waals surface area contributed by atoms with Crippen molar-refractivity contribution in [3.63, 3.8) is 0 Å². The molecule has 0 radical (unpaired) electrons. The third kappa shape index (κ3) is 17.0. The Kier molecular flexibility index (Phi) is 21.4. The number of rotatable bonds is 21. The van der Waals surface area contributed by atoms with Gasteiger partial charge in [-0.05, 0) is 121 Å². The molecule has 5 aromatic carbocycles. The molecule has 0 unspecified atom stereocenters. The summed E-state index contributed by atoms with van der Waals surface area (Å²) < 4.78 is 39.7. The van der Waals surface area contributed by atoms with Crippen LogP contribution in [0.5, 0.6) is 5.75 Å². The van der Waals surface area contributed by atoms with Gasteiger partial charge in [0, 0.05) is 42.1 Å². The number of hydrogen-bond acceptors (Lipinski definition) is 22. The first-order valence-corrected chi connectivity index (χ1v) is 27.7. The van der Waals surface area contributed by atoms with Gasteiger partial charge in [-0.2, -0.15) is 5.10 Å². The molecule has 0 atom stereocenters. The highest BCUT2D eigenvalue weighted by Gasteiger charge is 2.16. The lowest BCUT2D eigenvalue weighted by molar-refractivity contribution is 0.0214. The summed E-state index contributed by atoms with van der Waals surface area (Å²) in [5, 5.41) is 27.1. The molecule has 444 valence electrons. The van der Waals surface area contributed by atoms with E-state index in [1.54, 1.807) is 42.6 Å². The summed E-state index contributed by atoms with van der Waals surface area (Å²) in [6.07, 6.45) is 13.9. The minimum atomic E-state index is -0.315. The summed E-state index contributed by atoms with van der Waals surface area (Å²) in [4.78, 5) is 42.1. The highest BCUT2D eigenvalue weighted by atomic mass is 35.5. The maximum atomic E-state index is 13.5. The van der Waals surface area contributed by atoms with Gasteiger partial charge >= 0.3 is 0 Å². The van der Waals surface area contributed by atoms with Crippen LogP contribution < -0.4 is 37.9 Å². The fourth-order valence-electron chi connectivity index (χ4n) is 8.96. The molecule has 1 aliphatic carbocycles. The monoisotopic (exact) mass is 1190 g/mol. The molecule has 86 heavy (non-hydrogen) atoms. The number of nitrogens with zero attached hydrogens (tertiary/aromatic N) is 12. The molecular formula is C60H63ClF2N18O5. The van der Waals surface area contributed by atoms with Crippen molar-refractivity contribution in [3.05, 3.63) is 184 Å². The predicted molar refractivity (Wildman–Crippen MR) is 330 cm³/mol. The molecule has 0 saturated carbocycles. The van der Waals surface area contributed by atoms with Gasteiger partial charge in [0.2, 0.25) is 0 Å². The second kappa shape index (κ2) is 30.4. The van der Waals surface area contributed by atoms with Gasteiger partial charge in [0.25, 0.3) is 0 Å². The van der Waals surface area contributed by atoms with Crippen molar-refractivity contribution in [1.82, 2.24) is 44.6 Å². The molecule has 1 aliphatic heterocycles. The zero-order valence-electron chi connectivity index (χ0n) is 47.1. The molecule has 9 N–H and O–H groups in total.